The Labute approximate surface area is 113 Å². The van der Waals surface area contributed by atoms with Crippen molar-refractivity contribution in [2.75, 3.05) is 5.32 Å². The minimum absolute atomic E-state index is 0.135. The SMILES string of the molecule is N[C@@H](CC(Nc1ccc([N+](=O)[O-])cc1)C(=O)O)C(=O)O. The summed E-state index contributed by atoms with van der Waals surface area (Å²) in [5, 5.41) is 30.7. The summed E-state index contributed by atoms with van der Waals surface area (Å²) in [6, 6.07) is 2.56. The van der Waals surface area contributed by atoms with Crippen LogP contribution in [0.15, 0.2) is 24.3 Å². The second-order valence-corrected chi connectivity index (χ2v) is 4.02. The third-order valence-corrected chi connectivity index (χ3v) is 2.52. The average molecular weight is 283 g/mol. The van der Waals surface area contributed by atoms with Gasteiger partial charge in [0, 0.05) is 24.2 Å². The van der Waals surface area contributed by atoms with Gasteiger partial charge >= 0.3 is 11.9 Å². The Morgan fingerprint density at radius 2 is 1.80 bits per heavy atom. The first kappa shape index (κ1) is 15.4. The molecule has 1 unspecified atom stereocenters. The molecular weight excluding hydrogens is 270 g/mol. The Morgan fingerprint density at radius 1 is 1.25 bits per heavy atom. The number of rotatable bonds is 7. The number of hydrogen-bond acceptors (Lipinski definition) is 6. The third kappa shape index (κ3) is 4.21. The predicted molar refractivity (Wildman–Crippen MR) is 68.4 cm³/mol. The van der Waals surface area contributed by atoms with Crippen molar-refractivity contribution in [1.29, 1.82) is 0 Å². The molecule has 0 amide bonds. The van der Waals surface area contributed by atoms with Gasteiger partial charge in [0.2, 0.25) is 0 Å². The van der Waals surface area contributed by atoms with Crippen molar-refractivity contribution in [2.24, 2.45) is 5.73 Å². The van der Waals surface area contributed by atoms with E-state index in [0.29, 0.717) is 5.69 Å². The fourth-order valence-electron chi connectivity index (χ4n) is 1.46. The van der Waals surface area contributed by atoms with Crippen LogP contribution in [-0.2, 0) is 9.59 Å². The summed E-state index contributed by atoms with van der Waals surface area (Å²) in [5.41, 5.74) is 5.47. The number of carbonyl (C=O) groups is 2. The van der Waals surface area contributed by atoms with E-state index < -0.39 is 28.9 Å². The highest BCUT2D eigenvalue weighted by Crippen LogP contribution is 2.17. The highest BCUT2D eigenvalue weighted by atomic mass is 16.6. The second-order valence-electron chi connectivity index (χ2n) is 4.02. The van der Waals surface area contributed by atoms with Crippen LogP contribution in [0.4, 0.5) is 11.4 Å². The van der Waals surface area contributed by atoms with Crippen LogP contribution in [0.1, 0.15) is 6.42 Å². The number of hydrogen-bond donors (Lipinski definition) is 4. The summed E-state index contributed by atoms with van der Waals surface area (Å²) in [7, 11) is 0. The maximum Gasteiger partial charge on any atom is 0.326 e. The lowest BCUT2D eigenvalue weighted by atomic mass is 10.1. The molecular formula is C11H13N3O6. The van der Waals surface area contributed by atoms with Crippen molar-refractivity contribution in [3.63, 3.8) is 0 Å². The molecule has 0 bridgehead atoms. The molecule has 0 fully saturated rings. The maximum absolute atomic E-state index is 11.0. The van der Waals surface area contributed by atoms with E-state index >= 15 is 0 Å². The van der Waals surface area contributed by atoms with E-state index in [2.05, 4.69) is 5.32 Å². The van der Waals surface area contributed by atoms with Gasteiger partial charge in [-0.2, -0.15) is 0 Å². The van der Waals surface area contributed by atoms with Gasteiger partial charge in [-0.15, -0.1) is 0 Å². The minimum atomic E-state index is -1.32. The van der Waals surface area contributed by atoms with Gasteiger partial charge in [0.05, 0.1) is 4.92 Å². The normalized spacial score (nSPS) is 13.2. The number of non-ortho nitro benzene ring substituents is 1. The quantitative estimate of drug-likeness (QED) is 0.410. The van der Waals surface area contributed by atoms with Gasteiger partial charge in [0.1, 0.15) is 12.1 Å². The molecule has 0 heterocycles. The van der Waals surface area contributed by atoms with Gasteiger partial charge in [0.15, 0.2) is 0 Å². The molecule has 0 saturated carbocycles. The first-order chi connectivity index (χ1) is 9.31. The molecule has 0 radical (unpaired) electrons. The van der Waals surface area contributed by atoms with Crippen molar-refractivity contribution >= 4 is 23.3 Å². The molecule has 1 rings (SSSR count). The van der Waals surface area contributed by atoms with Crippen LogP contribution < -0.4 is 11.1 Å². The van der Waals surface area contributed by atoms with Crippen molar-refractivity contribution in [3.8, 4) is 0 Å². The number of nitrogens with one attached hydrogen (secondary N) is 1. The van der Waals surface area contributed by atoms with E-state index in [0.717, 1.165) is 0 Å². The topological polar surface area (TPSA) is 156 Å². The number of nitro benzene ring substituents is 1. The van der Waals surface area contributed by atoms with Crippen LogP contribution >= 0.6 is 0 Å². The molecule has 5 N–H and O–H groups in total. The number of carboxylic acids is 2. The molecule has 20 heavy (non-hydrogen) atoms. The summed E-state index contributed by atoms with van der Waals surface area (Å²) in [6.45, 7) is 0. The first-order valence-corrected chi connectivity index (χ1v) is 5.53. The lowest BCUT2D eigenvalue weighted by Gasteiger charge is -2.17. The van der Waals surface area contributed by atoms with Crippen molar-refractivity contribution in [3.05, 3.63) is 34.4 Å². The number of anilines is 1. The molecule has 0 spiro atoms. The van der Waals surface area contributed by atoms with Crippen LogP contribution in [0.25, 0.3) is 0 Å². The van der Waals surface area contributed by atoms with Crippen LogP contribution in [0.2, 0.25) is 0 Å². The van der Waals surface area contributed by atoms with E-state index in [1.54, 1.807) is 0 Å². The number of nitro groups is 1. The Hall–Kier alpha value is -2.68. The van der Waals surface area contributed by atoms with E-state index in [4.69, 9.17) is 15.9 Å². The minimum Gasteiger partial charge on any atom is -0.480 e. The van der Waals surface area contributed by atoms with Gasteiger partial charge in [0.25, 0.3) is 5.69 Å². The Balaban J connectivity index is 2.77. The van der Waals surface area contributed by atoms with Crippen LogP contribution in [0.5, 0.6) is 0 Å². The predicted octanol–water partition coefficient (Wildman–Crippen LogP) is 0.262. The number of nitrogens with zero attached hydrogens (tertiary/aromatic N) is 1. The zero-order valence-electron chi connectivity index (χ0n) is 10.2. The van der Waals surface area contributed by atoms with Crippen LogP contribution in [0.3, 0.4) is 0 Å². The number of aliphatic carboxylic acids is 2. The molecule has 0 aliphatic carbocycles. The van der Waals surface area contributed by atoms with Crippen molar-refractivity contribution in [2.45, 2.75) is 18.5 Å². The molecule has 0 aromatic heterocycles. The van der Waals surface area contributed by atoms with E-state index in [9.17, 15) is 19.7 Å². The molecule has 1 aromatic rings. The van der Waals surface area contributed by atoms with Gasteiger partial charge in [-0.25, -0.2) is 4.79 Å². The Morgan fingerprint density at radius 3 is 2.20 bits per heavy atom. The van der Waals surface area contributed by atoms with Crippen LogP contribution in [0, 0.1) is 10.1 Å². The van der Waals surface area contributed by atoms with E-state index in [-0.39, 0.29) is 12.1 Å². The number of benzene rings is 1. The summed E-state index contributed by atoms with van der Waals surface area (Å²) in [4.78, 5) is 31.5. The largest absolute Gasteiger partial charge is 0.480 e. The first-order valence-electron chi connectivity index (χ1n) is 5.53. The second kappa shape index (κ2) is 6.48. The molecule has 0 saturated heterocycles. The summed E-state index contributed by atoms with van der Waals surface area (Å²) in [6.07, 6.45) is -0.318. The summed E-state index contributed by atoms with van der Waals surface area (Å²) >= 11 is 0. The fraction of sp³-hybridized carbons (Fsp3) is 0.273. The molecule has 0 aliphatic rings. The maximum atomic E-state index is 11.0. The van der Waals surface area contributed by atoms with Gasteiger partial charge in [-0.1, -0.05) is 0 Å². The molecule has 9 nitrogen and oxygen atoms in total. The Kier molecular flexibility index (Phi) is 4.98. The van der Waals surface area contributed by atoms with E-state index in [1.807, 2.05) is 0 Å². The Bertz CT molecular complexity index is 515. The molecule has 9 heteroatoms. The molecule has 2 atom stereocenters. The van der Waals surface area contributed by atoms with Gasteiger partial charge in [-0.3, -0.25) is 14.9 Å². The molecule has 1 aromatic carbocycles. The molecule has 108 valence electrons. The number of carboxylic acid groups (broad SMARTS) is 2. The lowest BCUT2D eigenvalue weighted by molar-refractivity contribution is -0.384. The smallest absolute Gasteiger partial charge is 0.326 e. The number of nitrogens with two attached hydrogens (primary N) is 1. The van der Waals surface area contributed by atoms with E-state index in [1.165, 1.54) is 24.3 Å². The highest BCUT2D eigenvalue weighted by molar-refractivity contribution is 5.80. The average Bonchev–Trinajstić information content (AvgIpc) is 2.38. The zero-order valence-corrected chi connectivity index (χ0v) is 10.2. The van der Waals surface area contributed by atoms with Crippen molar-refractivity contribution < 1.29 is 24.7 Å². The zero-order chi connectivity index (χ0) is 15.3. The van der Waals surface area contributed by atoms with Crippen molar-refractivity contribution in [1.82, 2.24) is 0 Å². The van der Waals surface area contributed by atoms with Gasteiger partial charge in [-0.05, 0) is 12.1 Å². The highest BCUT2D eigenvalue weighted by Gasteiger charge is 2.24. The van der Waals surface area contributed by atoms with Gasteiger partial charge < -0.3 is 21.3 Å². The lowest BCUT2D eigenvalue weighted by Crippen LogP contribution is -2.40. The third-order valence-electron chi connectivity index (χ3n) is 2.52. The monoisotopic (exact) mass is 283 g/mol. The summed E-state index contributed by atoms with van der Waals surface area (Å²) in [5.74, 6) is -2.57. The standard InChI is InChI=1S/C11H13N3O6/c12-8(10(15)16)5-9(11(17)18)13-6-1-3-7(4-2-6)14(19)20/h1-4,8-9,13H,5,12H2,(H,15,16)(H,17,18)/t8-,9?/m0/s1. The van der Waals surface area contributed by atoms with Crippen LogP contribution in [-0.4, -0.2) is 39.2 Å². The fourth-order valence-corrected chi connectivity index (χ4v) is 1.46. The summed E-state index contributed by atoms with van der Waals surface area (Å²) < 4.78 is 0. The molecule has 0 aliphatic heterocycles.